The fourth-order valence-corrected chi connectivity index (χ4v) is 4.45. The molecule has 1 heterocycles. The third-order valence-corrected chi connectivity index (χ3v) is 5.87. The van der Waals surface area contributed by atoms with Gasteiger partial charge in [-0.25, -0.2) is 4.39 Å². The van der Waals surface area contributed by atoms with Gasteiger partial charge in [-0.1, -0.05) is 31.0 Å². The zero-order valence-electron chi connectivity index (χ0n) is 14.0. The van der Waals surface area contributed by atoms with Crippen LogP contribution in [0.4, 0.5) is 10.1 Å². The molecule has 4 nitrogen and oxygen atoms in total. The van der Waals surface area contributed by atoms with Gasteiger partial charge in [-0.2, -0.15) is 0 Å². The van der Waals surface area contributed by atoms with Gasteiger partial charge in [0.05, 0.1) is 6.04 Å². The number of halogens is 1. The van der Waals surface area contributed by atoms with Crippen LogP contribution in [0.2, 0.25) is 0 Å². The third kappa shape index (κ3) is 4.50. The number of rotatable bonds is 4. The number of amides is 1. The monoisotopic (exact) mass is 349 g/mol. The van der Waals surface area contributed by atoms with Crippen LogP contribution in [0.5, 0.6) is 0 Å². The number of aliphatic imine (C=N–C) groups is 1. The highest BCUT2D eigenvalue weighted by Crippen LogP contribution is 2.28. The first-order valence-corrected chi connectivity index (χ1v) is 9.59. The summed E-state index contributed by atoms with van der Waals surface area (Å²) in [6.07, 6.45) is 6.68. The van der Waals surface area contributed by atoms with Crippen molar-refractivity contribution in [3.8, 4) is 0 Å². The minimum atomic E-state index is -0.302. The summed E-state index contributed by atoms with van der Waals surface area (Å²) in [6.45, 7) is 0. The minimum absolute atomic E-state index is 0.0435. The Kier molecular flexibility index (Phi) is 5.76. The van der Waals surface area contributed by atoms with Gasteiger partial charge in [0.25, 0.3) is 0 Å². The van der Waals surface area contributed by atoms with E-state index in [9.17, 15) is 9.18 Å². The average molecular weight is 349 g/mol. The molecular weight excluding hydrogens is 325 g/mol. The van der Waals surface area contributed by atoms with Gasteiger partial charge in [0.2, 0.25) is 5.91 Å². The molecule has 1 aromatic rings. The Balaban J connectivity index is 1.53. The molecule has 0 bridgehead atoms. The summed E-state index contributed by atoms with van der Waals surface area (Å²) in [5.41, 5.74) is 0.630. The molecule has 0 aromatic heterocycles. The fraction of sp³-hybridized carbons (Fsp3) is 0.556. The molecule has 6 heteroatoms. The van der Waals surface area contributed by atoms with E-state index in [1.54, 1.807) is 23.9 Å². The van der Waals surface area contributed by atoms with Crippen LogP contribution in [-0.2, 0) is 4.79 Å². The Hall–Kier alpha value is -1.56. The molecule has 1 aromatic carbocycles. The first kappa shape index (κ1) is 17.3. The van der Waals surface area contributed by atoms with Crippen LogP contribution >= 0.6 is 11.8 Å². The van der Waals surface area contributed by atoms with Gasteiger partial charge < -0.3 is 10.2 Å². The number of benzene rings is 1. The Labute approximate surface area is 146 Å². The molecule has 1 aliphatic heterocycles. The molecule has 1 N–H and O–H groups in total. The summed E-state index contributed by atoms with van der Waals surface area (Å²) in [6, 6.07) is 6.48. The molecule has 1 unspecified atom stereocenters. The van der Waals surface area contributed by atoms with Gasteiger partial charge in [-0.3, -0.25) is 9.79 Å². The smallest absolute Gasteiger partial charge is 0.226 e. The molecule has 1 saturated heterocycles. The van der Waals surface area contributed by atoms with Crippen molar-refractivity contribution in [3.05, 3.63) is 30.1 Å². The molecule has 1 amide bonds. The summed E-state index contributed by atoms with van der Waals surface area (Å²) in [5, 5.41) is 3.90. The molecule has 2 aliphatic rings. The van der Waals surface area contributed by atoms with E-state index in [1.165, 1.54) is 44.2 Å². The lowest BCUT2D eigenvalue weighted by Crippen LogP contribution is -2.34. The number of carbonyl (C=O) groups is 1. The van der Waals surface area contributed by atoms with Crippen LogP contribution < -0.4 is 5.32 Å². The number of nitrogens with zero attached hydrogens (tertiary/aromatic N) is 2. The van der Waals surface area contributed by atoms with Gasteiger partial charge in [0, 0.05) is 31.0 Å². The van der Waals surface area contributed by atoms with Crippen molar-refractivity contribution < 1.29 is 9.18 Å². The second-order valence-corrected chi connectivity index (χ2v) is 7.53. The van der Waals surface area contributed by atoms with E-state index in [1.807, 2.05) is 7.05 Å². The Morgan fingerprint density at radius 3 is 2.71 bits per heavy atom. The summed E-state index contributed by atoms with van der Waals surface area (Å²) in [4.78, 5) is 19.3. The average Bonchev–Trinajstić information content (AvgIpc) is 2.91. The van der Waals surface area contributed by atoms with Gasteiger partial charge in [-0.15, -0.1) is 0 Å². The highest BCUT2D eigenvalue weighted by molar-refractivity contribution is 8.14. The molecule has 130 valence electrons. The van der Waals surface area contributed by atoms with Gasteiger partial charge in [0.15, 0.2) is 5.17 Å². The van der Waals surface area contributed by atoms with E-state index < -0.39 is 0 Å². The van der Waals surface area contributed by atoms with Crippen LogP contribution in [-0.4, -0.2) is 40.9 Å². The number of amidine groups is 1. The fourth-order valence-electron chi connectivity index (χ4n) is 3.19. The normalized spacial score (nSPS) is 23.7. The van der Waals surface area contributed by atoms with Crippen molar-refractivity contribution >= 4 is 28.5 Å². The van der Waals surface area contributed by atoms with Crippen LogP contribution in [0, 0.1) is 5.82 Å². The van der Waals surface area contributed by atoms with Crippen molar-refractivity contribution in [1.29, 1.82) is 0 Å². The van der Waals surface area contributed by atoms with Crippen molar-refractivity contribution in [2.45, 2.75) is 50.6 Å². The number of hydrogen-bond acceptors (Lipinski definition) is 3. The first-order valence-electron chi connectivity index (χ1n) is 8.60. The van der Waals surface area contributed by atoms with Crippen molar-refractivity contribution in [1.82, 2.24) is 4.90 Å². The number of hydrogen-bond donors (Lipinski definition) is 1. The number of anilines is 1. The van der Waals surface area contributed by atoms with Crippen LogP contribution in [0.1, 0.15) is 38.5 Å². The molecule has 0 radical (unpaired) electrons. The molecule has 1 aliphatic carbocycles. The molecule has 24 heavy (non-hydrogen) atoms. The first-order chi connectivity index (χ1) is 11.6. The second kappa shape index (κ2) is 8.01. The quantitative estimate of drug-likeness (QED) is 0.897. The van der Waals surface area contributed by atoms with Crippen molar-refractivity contribution in [2.75, 3.05) is 18.1 Å². The molecule has 2 fully saturated rings. The highest BCUT2D eigenvalue weighted by Gasteiger charge is 2.29. The largest absolute Gasteiger partial charge is 0.350 e. The Morgan fingerprint density at radius 2 is 2.00 bits per heavy atom. The standard InChI is InChI=1S/C18H24FN3OS/c1-22-16(11-17(23)20-15-9-7-13(19)8-10-15)12-24-18(22)21-14-5-3-2-4-6-14/h7-10,14,16H,2-6,11-12H2,1H3,(H,20,23). The third-order valence-electron chi connectivity index (χ3n) is 4.67. The van der Waals surface area contributed by atoms with Crippen molar-refractivity contribution in [3.63, 3.8) is 0 Å². The number of nitrogens with one attached hydrogen (secondary N) is 1. The maximum atomic E-state index is 12.9. The van der Waals surface area contributed by atoms with Gasteiger partial charge in [-0.05, 0) is 37.1 Å². The summed E-state index contributed by atoms with van der Waals surface area (Å²) >= 11 is 1.75. The Bertz CT molecular complexity index is 599. The lowest BCUT2D eigenvalue weighted by molar-refractivity contribution is -0.116. The zero-order valence-corrected chi connectivity index (χ0v) is 14.8. The molecular formula is C18H24FN3OS. The predicted molar refractivity (Wildman–Crippen MR) is 98.0 cm³/mol. The maximum absolute atomic E-state index is 12.9. The topological polar surface area (TPSA) is 44.7 Å². The molecule has 1 saturated carbocycles. The van der Waals surface area contributed by atoms with Crippen LogP contribution in [0.3, 0.4) is 0 Å². The zero-order chi connectivity index (χ0) is 16.9. The second-order valence-electron chi connectivity index (χ2n) is 6.54. The number of thioether (sulfide) groups is 1. The van der Waals surface area contributed by atoms with Gasteiger partial charge >= 0.3 is 0 Å². The molecule has 3 rings (SSSR count). The molecule has 0 spiro atoms. The van der Waals surface area contributed by atoms with E-state index in [2.05, 4.69) is 10.2 Å². The lowest BCUT2D eigenvalue weighted by atomic mass is 9.96. The predicted octanol–water partition coefficient (Wildman–Crippen LogP) is 3.89. The summed E-state index contributed by atoms with van der Waals surface area (Å²) in [5.74, 6) is 0.542. The maximum Gasteiger partial charge on any atom is 0.226 e. The summed E-state index contributed by atoms with van der Waals surface area (Å²) < 4.78 is 12.9. The van der Waals surface area contributed by atoms with Crippen LogP contribution in [0.15, 0.2) is 29.3 Å². The Morgan fingerprint density at radius 1 is 1.29 bits per heavy atom. The highest BCUT2D eigenvalue weighted by atomic mass is 32.2. The van der Waals surface area contributed by atoms with Crippen LogP contribution in [0.25, 0.3) is 0 Å². The van der Waals surface area contributed by atoms with E-state index in [4.69, 9.17) is 4.99 Å². The lowest BCUT2D eigenvalue weighted by Gasteiger charge is -2.23. The summed E-state index contributed by atoms with van der Waals surface area (Å²) in [7, 11) is 2.03. The minimum Gasteiger partial charge on any atom is -0.350 e. The van der Waals surface area contributed by atoms with Gasteiger partial charge in [0.1, 0.15) is 5.82 Å². The van der Waals surface area contributed by atoms with E-state index in [0.717, 1.165) is 10.9 Å². The molecule has 1 atom stereocenters. The SMILES string of the molecule is CN1C(=NC2CCCCC2)SCC1CC(=O)Nc1ccc(F)cc1. The van der Waals surface area contributed by atoms with E-state index in [0.29, 0.717) is 18.2 Å². The van der Waals surface area contributed by atoms with Crippen molar-refractivity contribution in [2.24, 2.45) is 4.99 Å². The van der Waals surface area contributed by atoms with E-state index in [-0.39, 0.29) is 17.8 Å². The van der Waals surface area contributed by atoms with E-state index >= 15 is 0 Å². The number of carbonyl (C=O) groups excluding carboxylic acids is 1.